The first-order valence-corrected chi connectivity index (χ1v) is 7.95. The van der Waals surface area contributed by atoms with E-state index in [2.05, 4.69) is 10.6 Å². The van der Waals surface area contributed by atoms with Crippen molar-refractivity contribution < 1.29 is 14.3 Å². The molecule has 1 saturated heterocycles. The molecule has 0 radical (unpaired) electrons. The van der Waals surface area contributed by atoms with Crippen LogP contribution >= 0.6 is 12.4 Å². The molecular formula is C17H25ClN2O3. The third-order valence-electron chi connectivity index (χ3n) is 3.77. The van der Waals surface area contributed by atoms with E-state index in [0.29, 0.717) is 24.8 Å². The summed E-state index contributed by atoms with van der Waals surface area (Å²) in [4.78, 5) is 23.8. The van der Waals surface area contributed by atoms with Crippen LogP contribution in [0.4, 0.5) is 0 Å². The van der Waals surface area contributed by atoms with Gasteiger partial charge in [-0.25, -0.2) is 0 Å². The first-order valence-electron chi connectivity index (χ1n) is 7.95. The molecule has 1 aliphatic heterocycles. The Kier molecular flexibility index (Phi) is 8.66. The summed E-state index contributed by atoms with van der Waals surface area (Å²) in [6, 6.07) is 7.43. The molecule has 1 heterocycles. The fourth-order valence-electron chi connectivity index (χ4n) is 2.53. The number of hydrogen-bond donors (Lipinski definition) is 2. The molecule has 6 heteroatoms. The Hall–Kier alpha value is -1.59. The van der Waals surface area contributed by atoms with Crippen molar-refractivity contribution in [1.82, 2.24) is 10.6 Å². The molecule has 0 bridgehead atoms. The summed E-state index contributed by atoms with van der Waals surface area (Å²) >= 11 is 0. The van der Waals surface area contributed by atoms with Gasteiger partial charge in [0.2, 0.25) is 5.91 Å². The maximum absolute atomic E-state index is 12.0. The number of carbonyl (C=O) groups is 2. The van der Waals surface area contributed by atoms with Crippen LogP contribution in [0, 0.1) is 0 Å². The van der Waals surface area contributed by atoms with Gasteiger partial charge in [-0.2, -0.15) is 0 Å². The van der Waals surface area contributed by atoms with Crippen molar-refractivity contribution in [2.24, 2.45) is 0 Å². The van der Waals surface area contributed by atoms with Gasteiger partial charge in [0.05, 0.1) is 6.61 Å². The Morgan fingerprint density at radius 3 is 2.61 bits per heavy atom. The van der Waals surface area contributed by atoms with E-state index in [0.717, 1.165) is 25.1 Å². The summed E-state index contributed by atoms with van der Waals surface area (Å²) in [6.45, 7) is 4.19. The standard InChI is InChI=1S/C17H24N2O3.ClH/c1-2-22-15-7-5-13(6-8-15)16(20)9-10-17(21)19-12-14-4-3-11-18-14;/h5-8,14,18H,2-4,9-12H2,1H3,(H,19,21);1H. The molecule has 1 fully saturated rings. The number of carbonyl (C=O) groups excluding carboxylic acids is 2. The third-order valence-corrected chi connectivity index (χ3v) is 3.77. The van der Waals surface area contributed by atoms with Gasteiger partial charge in [0, 0.05) is 31.0 Å². The number of ketones is 1. The first-order chi connectivity index (χ1) is 10.7. The third kappa shape index (κ3) is 6.59. The van der Waals surface area contributed by atoms with Crippen LogP contribution in [-0.4, -0.2) is 37.4 Å². The second kappa shape index (κ2) is 10.2. The minimum absolute atomic E-state index is 0. The van der Waals surface area contributed by atoms with E-state index in [-0.39, 0.29) is 36.9 Å². The summed E-state index contributed by atoms with van der Waals surface area (Å²) in [5, 5.41) is 6.21. The van der Waals surface area contributed by atoms with Crippen molar-refractivity contribution in [1.29, 1.82) is 0 Å². The predicted molar refractivity (Wildman–Crippen MR) is 92.5 cm³/mol. The average molecular weight is 341 g/mol. The van der Waals surface area contributed by atoms with Crippen LogP contribution < -0.4 is 15.4 Å². The molecule has 1 unspecified atom stereocenters. The molecule has 2 rings (SSSR count). The molecule has 0 aliphatic carbocycles. The largest absolute Gasteiger partial charge is 0.494 e. The molecule has 1 aromatic rings. The van der Waals surface area contributed by atoms with E-state index >= 15 is 0 Å². The van der Waals surface area contributed by atoms with Crippen LogP contribution in [-0.2, 0) is 4.79 Å². The number of Topliss-reactive ketones (excluding diaryl/α,β-unsaturated/α-hetero) is 1. The quantitative estimate of drug-likeness (QED) is 0.713. The summed E-state index contributed by atoms with van der Waals surface area (Å²) in [6.07, 6.45) is 2.73. The number of amides is 1. The van der Waals surface area contributed by atoms with E-state index in [1.165, 1.54) is 0 Å². The number of hydrogen-bond acceptors (Lipinski definition) is 4. The summed E-state index contributed by atoms with van der Waals surface area (Å²) in [5.41, 5.74) is 0.619. The van der Waals surface area contributed by atoms with Gasteiger partial charge >= 0.3 is 0 Å². The van der Waals surface area contributed by atoms with Crippen molar-refractivity contribution in [3.8, 4) is 5.75 Å². The van der Waals surface area contributed by atoms with Gasteiger partial charge in [-0.05, 0) is 50.6 Å². The first kappa shape index (κ1) is 19.5. The normalized spacial score (nSPS) is 16.5. The minimum atomic E-state index is -0.0620. The van der Waals surface area contributed by atoms with Crippen LogP contribution in [0.3, 0.4) is 0 Å². The Morgan fingerprint density at radius 1 is 1.26 bits per heavy atom. The van der Waals surface area contributed by atoms with E-state index in [4.69, 9.17) is 4.74 Å². The molecule has 1 aromatic carbocycles. The summed E-state index contributed by atoms with van der Waals surface area (Å²) in [7, 11) is 0. The van der Waals surface area contributed by atoms with Gasteiger partial charge < -0.3 is 15.4 Å². The fraction of sp³-hybridized carbons (Fsp3) is 0.529. The monoisotopic (exact) mass is 340 g/mol. The Morgan fingerprint density at radius 2 is 2.00 bits per heavy atom. The Balaban J connectivity index is 0.00000264. The van der Waals surface area contributed by atoms with Gasteiger partial charge in [-0.15, -0.1) is 12.4 Å². The van der Waals surface area contributed by atoms with Gasteiger partial charge in [0.15, 0.2) is 5.78 Å². The average Bonchev–Trinajstić information content (AvgIpc) is 3.05. The fourth-order valence-corrected chi connectivity index (χ4v) is 2.53. The lowest BCUT2D eigenvalue weighted by atomic mass is 10.1. The molecule has 1 aliphatic rings. The molecule has 0 aromatic heterocycles. The molecule has 1 atom stereocenters. The zero-order valence-electron chi connectivity index (χ0n) is 13.5. The van der Waals surface area contributed by atoms with E-state index in [1.807, 2.05) is 6.92 Å². The van der Waals surface area contributed by atoms with Gasteiger partial charge in [0.1, 0.15) is 5.75 Å². The van der Waals surface area contributed by atoms with Crippen LogP contribution in [0.15, 0.2) is 24.3 Å². The predicted octanol–water partition coefficient (Wildman–Crippen LogP) is 2.34. The number of ether oxygens (including phenoxy) is 1. The number of nitrogens with one attached hydrogen (secondary N) is 2. The lowest BCUT2D eigenvalue weighted by molar-refractivity contribution is -0.121. The second-order valence-electron chi connectivity index (χ2n) is 5.48. The molecule has 2 N–H and O–H groups in total. The molecule has 128 valence electrons. The maximum atomic E-state index is 12.0. The van der Waals surface area contributed by atoms with Crippen LogP contribution in [0.5, 0.6) is 5.75 Å². The lowest BCUT2D eigenvalue weighted by Gasteiger charge is -2.11. The van der Waals surface area contributed by atoms with E-state index < -0.39 is 0 Å². The molecular weight excluding hydrogens is 316 g/mol. The van der Waals surface area contributed by atoms with Crippen molar-refractivity contribution in [3.63, 3.8) is 0 Å². The zero-order chi connectivity index (χ0) is 15.8. The summed E-state index contributed by atoms with van der Waals surface area (Å²) < 4.78 is 5.34. The van der Waals surface area contributed by atoms with Crippen LogP contribution in [0.25, 0.3) is 0 Å². The molecule has 0 spiro atoms. The molecule has 0 saturated carbocycles. The highest BCUT2D eigenvalue weighted by atomic mass is 35.5. The summed E-state index contributed by atoms with van der Waals surface area (Å²) in [5.74, 6) is 0.672. The highest BCUT2D eigenvalue weighted by Crippen LogP contribution is 2.14. The lowest BCUT2D eigenvalue weighted by Crippen LogP contribution is -2.37. The topological polar surface area (TPSA) is 67.4 Å². The molecule has 23 heavy (non-hydrogen) atoms. The smallest absolute Gasteiger partial charge is 0.220 e. The number of benzene rings is 1. The number of halogens is 1. The van der Waals surface area contributed by atoms with E-state index in [1.54, 1.807) is 24.3 Å². The maximum Gasteiger partial charge on any atom is 0.220 e. The van der Waals surface area contributed by atoms with Crippen LogP contribution in [0.2, 0.25) is 0 Å². The van der Waals surface area contributed by atoms with Crippen molar-refractivity contribution in [2.75, 3.05) is 19.7 Å². The molecule has 5 nitrogen and oxygen atoms in total. The second-order valence-corrected chi connectivity index (χ2v) is 5.48. The molecule has 1 amide bonds. The van der Waals surface area contributed by atoms with Gasteiger partial charge in [0.25, 0.3) is 0 Å². The zero-order valence-corrected chi connectivity index (χ0v) is 14.3. The van der Waals surface area contributed by atoms with Crippen molar-refractivity contribution >= 4 is 24.1 Å². The SMILES string of the molecule is CCOc1ccc(C(=O)CCC(=O)NCC2CCCN2)cc1.Cl. The van der Waals surface area contributed by atoms with Gasteiger partial charge in [-0.3, -0.25) is 9.59 Å². The number of rotatable bonds is 8. The van der Waals surface area contributed by atoms with E-state index in [9.17, 15) is 9.59 Å². The minimum Gasteiger partial charge on any atom is -0.494 e. The van der Waals surface area contributed by atoms with Gasteiger partial charge in [-0.1, -0.05) is 0 Å². The highest BCUT2D eigenvalue weighted by molar-refractivity contribution is 5.98. The highest BCUT2D eigenvalue weighted by Gasteiger charge is 2.15. The Bertz CT molecular complexity index is 499. The van der Waals surface area contributed by atoms with Crippen LogP contribution in [0.1, 0.15) is 43.0 Å². The Labute approximate surface area is 143 Å². The van der Waals surface area contributed by atoms with Crippen molar-refractivity contribution in [3.05, 3.63) is 29.8 Å². The van der Waals surface area contributed by atoms with Crippen molar-refractivity contribution in [2.45, 2.75) is 38.6 Å².